The average molecular weight is 204 g/mol. The van der Waals surface area contributed by atoms with Crippen molar-refractivity contribution in [2.45, 2.75) is 13.3 Å². The highest BCUT2D eigenvalue weighted by atomic mass is 35.5. The van der Waals surface area contributed by atoms with Crippen LogP contribution in [0.1, 0.15) is 16.7 Å². The number of nitrogens with one attached hydrogen (secondary N) is 1. The number of aromatic nitrogens is 1. The van der Waals surface area contributed by atoms with Crippen LogP contribution in [0.25, 0.3) is 11.3 Å². The Morgan fingerprint density at radius 3 is 2.93 bits per heavy atom. The molecule has 1 aromatic carbocycles. The summed E-state index contributed by atoms with van der Waals surface area (Å²) < 4.78 is 0. The zero-order valence-corrected chi connectivity index (χ0v) is 8.65. The maximum atomic E-state index is 6.06. The molecule has 0 unspecified atom stereocenters. The number of benzene rings is 1. The molecule has 2 aromatic rings. The molecular weight excluding hydrogens is 194 g/mol. The lowest BCUT2D eigenvalue weighted by Crippen LogP contribution is -1.82. The molecule has 2 heteroatoms. The number of halogens is 1. The van der Waals surface area contributed by atoms with E-state index < -0.39 is 0 Å². The third-order valence-electron chi connectivity index (χ3n) is 2.97. The summed E-state index contributed by atoms with van der Waals surface area (Å²) in [6.07, 6.45) is 1.01. The molecule has 1 aromatic heterocycles. The quantitative estimate of drug-likeness (QED) is 0.575. The third kappa shape index (κ3) is 0.906. The van der Waals surface area contributed by atoms with Crippen LogP contribution >= 0.6 is 11.6 Å². The van der Waals surface area contributed by atoms with Gasteiger partial charge in [0.25, 0.3) is 0 Å². The van der Waals surface area contributed by atoms with E-state index in [9.17, 15) is 0 Å². The van der Waals surface area contributed by atoms with Crippen molar-refractivity contribution in [3.8, 4) is 11.3 Å². The lowest BCUT2D eigenvalue weighted by molar-refractivity contribution is 1.23. The second-order valence-electron chi connectivity index (χ2n) is 3.75. The first-order valence-electron chi connectivity index (χ1n) is 4.72. The molecule has 1 aliphatic rings. The van der Waals surface area contributed by atoms with Gasteiger partial charge in [-0.25, -0.2) is 0 Å². The summed E-state index contributed by atoms with van der Waals surface area (Å²) in [4.78, 5) is 3.25. The molecule has 0 saturated heterocycles. The highest BCUT2D eigenvalue weighted by Gasteiger charge is 2.22. The van der Waals surface area contributed by atoms with Crippen LogP contribution in [0.2, 0.25) is 5.15 Å². The highest BCUT2D eigenvalue weighted by molar-refractivity contribution is 6.30. The molecule has 0 aliphatic heterocycles. The molecule has 0 radical (unpaired) electrons. The van der Waals surface area contributed by atoms with E-state index >= 15 is 0 Å². The highest BCUT2D eigenvalue weighted by Crippen LogP contribution is 2.39. The van der Waals surface area contributed by atoms with E-state index in [0.717, 1.165) is 11.6 Å². The monoisotopic (exact) mass is 203 g/mol. The summed E-state index contributed by atoms with van der Waals surface area (Å²) in [5.74, 6) is 0. The molecule has 0 bridgehead atoms. The van der Waals surface area contributed by atoms with Gasteiger partial charge in [0.15, 0.2) is 0 Å². The summed E-state index contributed by atoms with van der Waals surface area (Å²) in [5.41, 5.74) is 6.46. The van der Waals surface area contributed by atoms with Crippen LogP contribution in [0.3, 0.4) is 0 Å². The maximum Gasteiger partial charge on any atom is 0.109 e. The molecule has 1 nitrogen and oxygen atoms in total. The minimum absolute atomic E-state index is 0.782. The fourth-order valence-corrected chi connectivity index (χ4v) is 2.37. The molecule has 0 saturated carbocycles. The van der Waals surface area contributed by atoms with Crippen LogP contribution in [-0.4, -0.2) is 4.98 Å². The van der Waals surface area contributed by atoms with Gasteiger partial charge in [-0.1, -0.05) is 35.9 Å². The summed E-state index contributed by atoms with van der Waals surface area (Å²) in [6, 6.07) is 8.48. The van der Waals surface area contributed by atoms with Crippen LogP contribution in [0, 0.1) is 6.92 Å². The topological polar surface area (TPSA) is 15.8 Å². The smallest absolute Gasteiger partial charge is 0.109 e. The van der Waals surface area contributed by atoms with Crippen molar-refractivity contribution in [3.05, 3.63) is 46.1 Å². The van der Waals surface area contributed by atoms with Crippen molar-refractivity contribution in [2.75, 3.05) is 0 Å². The van der Waals surface area contributed by atoms with Gasteiger partial charge in [0.2, 0.25) is 0 Å². The predicted octanol–water partition coefficient (Wildman–Crippen LogP) is 3.55. The Hall–Kier alpha value is -1.21. The predicted molar refractivity (Wildman–Crippen MR) is 58.8 cm³/mol. The summed E-state index contributed by atoms with van der Waals surface area (Å²) in [5, 5.41) is 0.782. The minimum atomic E-state index is 0.782. The molecule has 0 fully saturated rings. The molecule has 3 rings (SSSR count). The van der Waals surface area contributed by atoms with E-state index in [1.165, 1.54) is 27.9 Å². The van der Waals surface area contributed by atoms with Crippen molar-refractivity contribution in [3.63, 3.8) is 0 Å². The van der Waals surface area contributed by atoms with Gasteiger partial charge in [-0.2, -0.15) is 0 Å². The lowest BCUT2D eigenvalue weighted by Gasteiger charge is -1.97. The van der Waals surface area contributed by atoms with E-state index in [4.69, 9.17) is 11.6 Å². The molecule has 1 heterocycles. The van der Waals surface area contributed by atoms with Crippen LogP contribution in [0.4, 0.5) is 0 Å². The molecule has 1 aliphatic carbocycles. The Labute approximate surface area is 87.7 Å². The Bertz CT molecular complexity index is 511. The van der Waals surface area contributed by atoms with Crippen molar-refractivity contribution in [2.24, 2.45) is 0 Å². The summed E-state index contributed by atoms with van der Waals surface area (Å²) in [6.45, 7) is 2.07. The van der Waals surface area contributed by atoms with Crippen LogP contribution in [0.15, 0.2) is 24.3 Å². The Balaban J connectivity index is 2.31. The normalized spacial score (nSPS) is 12.7. The number of hydrogen-bond donors (Lipinski definition) is 1. The van der Waals surface area contributed by atoms with Crippen LogP contribution < -0.4 is 0 Å². The van der Waals surface area contributed by atoms with Crippen LogP contribution in [-0.2, 0) is 6.42 Å². The van der Waals surface area contributed by atoms with E-state index in [-0.39, 0.29) is 0 Å². The second-order valence-corrected chi connectivity index (χ2v) is 4.13. The van der Waals surface area contributed by atoms with Gasteiger partial charge in [-0.15, -0.1) is 0 Å². The second kappa shape index (κ2) is 2.64. The molecule has 0 atom stereocenters. The Morgan fingerprint density at radius 2 is 2.07 bits per heavy atom. The molecule has 14 heavy (non-hydrogen) atoms. The minimum Gasteiger partial charge on any atom is -0.345 e. The Kier molecular flexibility index (Phi) is 1.53. The van der Waals surface area contributed by atoms with Gasteiger partial charge >= 0.3 is 0 Å². The zero-order chi connectivity index (χ0) is 9.71. The van der Waals surface area contributed by atoms with Crippen molar-refractivity contribution in [1.82, 2.24) is 4.98 Å². The number of hydrogen-bond acceptors (Lipinski definition) is 0. The first-order chi connectivity index (χ1) is 6.77. The van der Waals surface area contributed by atoms with Gasteiger partial charge in [-0.05, 0) is 23.6 Å². The zero-order valence-electron chi connectivity index (χ0n) is 7.89. The first-order valence-corrected chi connectivity index (χ1v) is 5.10. The fourth-order valence-electron chi connectivity index (χ4n) is 2.16. The third-order valence-corrected chi connectivity index (χ3v) is 3.35. The van der Waals surface area contributed by atoms with Gasteiger partial charge in [0.05, 0.1) is 5.69 Å². The Morgan fingerprint density at radius 1 is 1.29 bits per heavy atom. The number of rotatable bonds is 0. The van der Waals surface area contributed by atoms with Gasteiger partial charge in [-0.3, -0.25) is 0 Å². The van der Waals surface area contributed by atoms with Gasteiger partial charge in [0.1, 0.15) is 5.15 Å². The van der Waals surface area contributed by atoms with E-state index in [0.29, 0.717) is 0 Å². The molecule has 1 N–H and O–H groups in total. The average Bonchev–Trinajstić information content (AvgIpc) is 2.67. The number of H-pyrrole nitrogens is 1. The summed E-state index contributed by atoms with van der Waals surface area (Å²) in [7, 11) is 0. The SMILES string of the molecule is Cc1c(Cl)[nH]c2c1Cc1ccccc1-2. The van der Waals surface area contributed by atoms with Crippen molar-refractivity contribution in [1.29, 1.82) is 0 Å². The maximum absolute atomic E-state index is 6.06. The van der Waals surface area contributed by atoms with E-state index in [1.807, 2.05) is 0 Å². The fraction of sp³-hybridized carbons (Fsp3) is 0.167. The molecular formula is C12H10ClN. The largest absolute Gasteiger partial charge is 0.345 e. The lowest BCUT2D eigenvalue weighted by atomic mass is 10.1. The van der Waals surface area contributed by atoms with Gasteiger partial charge in [0, 0.05) is 12.0 Å². The van der Waals surface area contributed by atoms with Crippen molar-refractivity contribution < 1.29 is 0 Å². The van der Waals surface area contributed by atoms with E-state index in [1.54, 1.807) is 0 Å². The standard InChI is InChI=1S/C12H10ClN/c1-7-10-6-8-4-2-3-5-9(8)11(10)14-12(7)13/h2-5,14H,6H2,1H3. The first kappa shape index (κ1) is 8.13. The molecule has 0 spiro atoms. The molecule has 70 valence electrons. The number of fused-ring (bicyclic) bond motifs is 3. The van der Waals surface area contributed by atoms with Crippen molar-refractivity contribution >= 4 is 11.6 Å². The van der Waals surface area contributed by atoms with Crippen LogP contribution in [0.5, 0.6) is 0 Å². The van der Waals surface area contributed by atoms with Gasteiger partial charge < -0.3 is 4.98 Å². The number of aromatic amines is 1. The molecule has 0 amide bonds. The van der Waals surface area contributed by atoms with E-state index in [2.05, 4.69) is 36.2 Å². The summed E-state index contributed by atoms with van der Waals surface area (Å²) >= 11 is 6.06.